The van der Waals surface area contributed by atoms with E-state index in [0.717, 1.165) is 23.8 Å². The van der Waals surface area contributed by atoms with E-state index >= 15 is 8.78 Å². The van der Waals surface area contributed by atoms with E-state index in [2.05, 4.69) is 9.89 Å². The Morgan fingerprint density at radius 3 is 2.61 bits per heavy atom. The molecule has 33 heavy (non-hydrogen) atoms. The van der Waals surface area contributed by atoms with Gasteiger partial charge in [-0.1, -0.05) is 5.16 Å². The van der Waals surface area contributed by atoms with Crippen LogP contribution >= 0.6 is 0 Å². The number of benzene rings is 2. The van der Waals surface area contributed by atoms with Crippen molar-refractivity contribution in [3.05, 3.63) is 70.4 Å². The number of carbonyl (C=O) groups is 1. The minimum atomic E-state index is -1.58. The molecule has 0 saturated carbocycles. The van der Waals surface area contributed by atoms with Gasteiger partial charge in [0.15, 0.2) is 5.58 Å². The number of alkyl halides is 1. The maximum absolute atomic E-state index is 15.4. The Kier molecular flexibility index (Phi) is 6.05. The fraction of sp³-hybridized carbons (Fsp3) is 0.360. The average molecular weight is 458 g/mol. The molecule has 2 heterocycles. The van der Waals surface area contributed by atoms with Crippen molar-refractivity contribution in [3.8, 4) is 0 Å². The molecule has 0 N–H and O–H groups in total. The van der Waals surface area contributed by atoms with E-state index in [0.29, 0.717) is 23.0 Å². The van der Waals surface area contributed by atoms with Gasteiger partial charge in [0.2, 0.25) is 0 Å². The zero-order chi connectivity index (χ0) is 23.9. The topological polar surface area (TPSA) is 55.6 Å². The van der Waals surface area contributed by atoms with Crippen molar-refractivity contribution in [3.63, 3.8) is 0 Å². The van der Waals surface area contributed by atoms with E-state index in [1.165, 1.54) is 27.0 Å². The van der Waals surface area contributed by atoms with Crippen LogP contribution in [0.25, 0.3) is 17.0 Å². The van der Waals surface area contributed by atoms with Crippen molar-refractivity contribution < 1.29 is 27.2 Å². The summed E-state index contributed by atoms with van der Waals surface area (Å²) in [5.41, 5.74) is 0.569. The Morgan fingerprint density at radius 2 is 1.97 bits per heavy atom. The molecule has 0 saturated heterocycles. The van der Waals surface area contributed by atoms with Crippen LogP contribution in [0.1, 0.15) is 49.1 Å². The summed E-state index contributed by atoms with van der Waals surface area (Å²) in [4.78, 5) is 13.2. The second kappa shape index (κ2) is 8.67. The number of methoxy groups -OCH3 is 1. The van der Waals surface area contributed by atoms with E-state index < -0.39 is 29.3 Å². The number of hydrogen-bond acceptors (Lipinski definition) is 5. The lowest BCUT2D eigenvalue weighted by molar-refractivity contribution is -0.134. The fourth-order valence-electron chi connectivity index (χ4n) is 4.47. The number of nitrogens with zero attached hydrogens (tertiary/aromatic N) is 2. The number of ether oxygens (including phenoxy) is 1. The molecule has 3 aromatic rings. The molecule has 2 atom stereocenters. The third kappa shape index (κ3) is 4.66. The summed E-state index contributed by atoms with van der Waals surface area (Å²) < 4.78 is 55.5. The van der Waals surface area contributed by atoms with E-state index in [1.807, 2.05) is 13.0 Å². The summed E-state index contributed by atoms with van der Waals surface area (Å²) in [5.74, 6) is -2.20. The molecule has 0 spiro atoms. The van der Waals surface area contributed by atoms with Crippen LogP contribution in [0.3, 0.4) is 0 Å². The quantitative estimate of drug-likeness (QED) is 0.380. The summed E-state index contributed by atoms with van der Waals surface area (Å²) in [7, 11) is 1.21. The molecule has 0 bridgehead atoms. The second-order valence-electron chi connectivity index (χ2n) is 9.02. The van der Waals surface area contributed by atoms with Crippen molar-refractivity contribution in [2.75, 3.05) is 13.7 Å². The molecule has 1 aliphatic heterocycles. The van der Waals surface area contributed by atoms with Crippen LogP contribution in [0, 0.1) is 11.6 Å². The van der Waals surface area contributed by atoms with Crippen LogP contribution in [-0.4, -0.2) is 41.4 Å². The normalized spacial score (nSPS) is 19.2. The van der Waals surface area contributed by atoms with Crippen molar-refractivity contribution in [1.29, 1.82) is 0 Å². The standard InChI is InChI=1S/C25H25F3N2O3/c1-14-7-16-11-21-17(12-29-33-21)10-18(16)24(30(14)13-25(2,3)28)23-19(26)8-15(9-20(23)27)5-6-22(31)32-4/h5-6,8-12,14,24H,7,13H2,1-4H3/b6-5+. The van der Waals surface area contributed by atoms with Crippen molar-refractivity contribution >= 4 is 23.0 Å². The molecule has 4 rings (SSSR count). The Hall–Kier alpha value is -3.13. The van der Waals surface area contributed by atoms with Crippen LogP contribution in [-0.2, 0) is 16.0 Å². The second-order valence-corrected chi connectivity index (χ2v) is 9.02. The lowest BCUT2D eigenvalue weighted by Gasteiger charge is -2.44. The number of esters is 1. The molecule has 0 aliphatic carbocycles. The van der Waals surface area contributed by atoms with Gasteiger partial charge in [-0.3, -0.25) is 4.90 Å². The molecule has 2 unspecified atom stereocenters. The van der Waals surface area contributed by atoms with Crippen LogP contribution < -0.4 is 0 Å². The highest BCUT2D eigenvalue weighted by molar-refractivity contribution is 5.87. The molecule has 1 aliphatic rings. The molecule has 174 valence electrons. The minimum Gasteiger partial charge on any atom is -0.466 e. The number of fused-ring (bicyclic) bond motifs is 2. The molecule has 0 radical (unpaired) electrons. The van der Waals surface area contributed by atoms with Gasteiger partial charge >= 0.3 is 5.97 Å². The Balaban J connectivity index is 1.88. The van der Waals surface area contributed by atoms with Gasteiger partial charge in [-0.25, -0.2) is 18.0 Å². The van der Waals surface area contributed by atoms with Crippen molar-refractivity contribution in [1.82, 2.24) is 10.1 Å². The smallest absolute Gasteiger partial charge is 0.330 e. The maximum atomic E-state index is 15.4. The molecule has 0 amide bonds. The van der Waals surface area contributed by atoms with E-state index in [-0.39, 0.29) is 23.7 Å². The highest BCUT2D eigenvalue weighted by Crippen LogP contribution is 2.42. The fourth-order valence-corrected chi connectivity index (χ4v) is 4.47. The van der Waals surface area contributed by atoms with Gasteiger partial charge in [0.05, 0.1) is 19.3 Å². The predicted molar refractivity (Wildman–Crippen MR) is 118 cm³/mol. The van der Waals surface area contributed by atoms with Gasteiger partial charge in [-0.15, -0.1) is 0 Å². The minimum absolute atomic E-state index is 0.0111. The third-order valence-corrected chi connectivity index (χ3v) is 5.87. The monoisotopic (exact) mass is 458 g/mol. The van der Waals surface area contributed by atoms with Gasteiger partial charge in [-0.2, -0.15) is 0 Å². The van der Waals surface area contributed by atoms with Gasteiger partial charge in [0, 0.05) is 29.6 Å². The van der Waals surface area contributed by atoms with Crippen molar-refractivity contribution in [2.45, 2.75) is 44.9 Å². The summed E-state index contributed by atoms with van der Waals surface area (Å²) in [6.07, 6.45) is 4.48. The first-order valence-corrected chi connectivity index (χ1v) is 10.6. The van der Waals surface area contributed by atoms with Gasteiger partial charge < -0.3 is 9.26 Å². The highest BCUT2D eigenvalue weighted by Gasteiger charge is 2.39. The first-order chi connectivity index (χ1) is 15.6. The average Bonchev–Trinajstić information content (AvgIpc) is 3.18. The zero-order valence-electron chi connectivity index (χ0n) is 18.9. The predicted octanol–water partition coefficient (Wildman–Crippen LogP) is 5.38. The molecular weight excluding hydrogens is 433 g/mol. The van der Waals surface area contributed by atoms with Crippen LogP contribution in [0.5, 0.6) is 0 Å². The Bertz CT molecular complexity index is 1210. The van der Waals surface area contributed by atoms with Gasteiger partial charge in [0.25, 0.3) is 0 Å². The summed E-state index contributed by atoms with van der Waals surface area (Å²) in [5, 5.41) is 4.51. The molecule has 2 aromatic carbocycles. The largest absolute Gasteiger partial charge is 0.466 e. The first kappa shape index (κ1) is 23.0. The van der Waals surface area contributed by atoms with Crippen LogP contribution in [0.2, 0.25) is 0 Å². The third-order valence-electron chi connectivity index (χ3n) is 5.87. The molecular formula is C25H25F3N2O3. The van der Waals surface area contributed by atoms with Crippen LogP contribution in [0.4, 0.5) is 13.2 Å². The number of carbonyl (C=O) groups excluding carboxylic acids is 1. The molecule has 0 fully saturated rings. The van der Waals surface area contributed by atoms with E-state index in [1.54, 1.807) is 17.2 Å². The van der Waals surface area contributed by atoms with Crippen molar-refractivity contribution in [2.24, 2.45) is 0 Å². The van der Waals surface area contributed by atoms with Gasteiger partial charge in [0.1, 0.15) is 17.3 Å². The number of hydrogen-bond donors (Lipinski definition) is 0. The van der Waals surface area contributed by atoms with E-state index in [4.69, 9.17) is 4.52 Å². The lowest BCUT2D eigenvalue weighted by atomic mass is 9.83. The zero-order valence-corrected chi connectivity index (χ0v) is 18.9. The molecule has 1 aromatic heterocycles. The number of rotatable bonds is 5. The maximum Gasteiger partial charge on any atom is 0.330 e. The number of aromatic nitrogens is 1. The Labute approximate surface area is 189 Å². The Morgan fingerprint density at radius 1 is 1.27 bits per heavy atom. The van der Waals surface area contributed by atoms with Gasteiger partial charge in [-0.05, 0) is 74.2 Å². The molecule has 5 nitrogen and oxygen atoms in total. The lowest BCUT2D eigenvalue weighted by Crippen LogP contribution is -2.48. The SMILES string of the molecule is COC(=O)/C=C/c1cc(F)c(C2c3cc4cnoc4cc3CC(C)N2CC(C)(C)F)c(F)c1. The summed E-state index contributed by atoms with van der Waals surface area (Å²) in [6.45, 7) is 4.80. The summed E-state index contributed by atoms with van der Waals surface area (Å²) in [6, 6.07) is 4.93. The van der Waals surface area contributed by atoms with Crippen LogP contribution in [0.15, 0.2) is 41.1 Å². The molecule has 8 heteroatoms. The first-order valence-electron chi connectivity index (χ1n) is 10.6. The highest BCUT2D eigenvalue weighted by atomic mass is 19.1. The van der Waals surface area contributed by atoms with E-state index in [9.17, 15) is 9.18 Å². The summed E-state index contributed by atoms with van der Waals surface area (Å²) >= 11 is 0. The number of halogens is 3.